The fourth-order valence-electron chi connectivity index (χ4n) is 3.49. The van der Waals surface area contributed by atoms with Crippen molar-refractivity contribution in [3.05, 3.63) is 75.4 Å². The van der Waals surface area contributed by atoms with Crippen LogP contribution < -0.4 is 16.4 Å². The van der Waals surface area contributed by atoms with E-state index in [0.29, 0.717) is 34.2 Å². The Kier molecular flexibility index (Phi) is 5.98. The van der Waals surface area contributed by atoms with Gasteiger partial charge in [-0.15, -0.1) is 11.3 Å². The number of nitrogens with one attached hydrogen (secondary N) is 2. The van der Waals surface area contributed by atoms with Gasteiger partial charge in [0.25, 0.3) is 5.91 Å². The highest BCUT2D eigenvalue weighted by atomic mass is 35.5. The molecular formula is C21H20ClN5O2S. The number of nitrogens with two attached hydrogens (primary N) is 1. The van der Waals surface area contributed by atoms with E-state index in [2.05, 4.69) is 20.5 Å². The van der Waals surface area contributed by atoms with Crippen LogP contribution in [0.3, 0.4) is 0 Å². The summed E-state index contributed by atoms with van der Waals surface area (Å²) in [5, 5.41) is 6.58. The molecule has 4 rings (SSSR count). The van der Waals surface area contributed by atoms with Gasteiger partial charge in [0.2, 0.25) is 0 Å². The van der Waals surface area contributed by atoms with Crippen molar-refractivity contribution >= 4 is 45.6 Å². The molecule has 0 spiro atoms. The quantitative estimate of drug-likeness (QED) is 0.555. The molecule has 30 heavy (non-hydrogen) atoms. The number of rotatable bonds is 5. The first-order valence-electron chi connectivity index (χ1n) is 9.39. The Morgan fingerprint density at radius 1 is 1.13 bits per heavy atom. The van der Waals surface area contributed by atoms with Crippen molar-refractivity contribution in [2.75, 3.05) is 17.2 Å². The molecule has 0 unspecified atom stereocenters. The minimum Gasteiger partial charge on any atom is -0.365 e. The fraction of sp³-hybridized carbons (Fsp3) is 0.190. The van der Waals surface area contributed by atoms with E-state index in [1.165, 1.54) is 16.9 Å². The number of anilines is 2. The van der Waals surface area contributed by atoms with Crippen molar-refractivity contribution in [2.45, 2.75) is 19.5 Å². The predicted octanol–water partition coefficient (Wildman–Crippen LogP) is 4.10. The summed E-state index contributed by atoms with van der Waals surface area (Å²) in [7, 11) is 0. The van der Waals surface area contributed by atoms with Gasteiger partial charge in [0.15, 0.2) is 0 Å². The van der Waals surface area contributed by atoms with Gasteiger partial charge in [-0.2, -0.15) is 0 Å². The fourth-order valence-corrected chi connectivity index (χ4v) is 4.90. The van der Waals surface area contributed by atoms with E-state index in [0.717, 1.165) is 23.5 Å². The number of pyridine rings is 1. The van der Waals surface area contributed by atoms with Crippen LogP contribution in [0, 0.1) is 0 Å². The summed E-state index contributed by atoms with van der Waals surface area (Å²) in [5.41, 5.74) is 8.77. The zero-order valence-corrected chi connectivity index (χ0v) is 17.6. The molecular weight excluding hydrogens is 422 g/mol. The molecule has 1 aliphatic heterocycles. The van der Waals surface area contributed by atoms with Gasteiger partial charge in [0, 0.05) is 47.6 Å². The van der Waals surface area contributed by atoms with E-state index >= 15 is 0 Å². The summed E-state index contributed by atoms with van der Waals surface area (Å²) in [4.78, 5) is 32.0. The number of carbonyl (C=O) groups excluding carboxylic acids is 2. The summed E-state index contributed by atoms with van der Waals surface area (Å²) < 4.78 is 0. The van der Waals surface area contributed by atoms with E-state index < -0.39 is 11.9 Å². The molecule has 4 N–H and O–H groups in total. The topological polar surface area (TPSA) is 100 Å². The van der Waals surface area contributed by atoms with Crippen molar-refractivity contribution in [2.24, 2.45) is 5.73 Å². The van der Waals surface area contributed by atoms with Crippen LogP contribution in [0.4, 0.5) is 15.5 Å². The van der Waals surface area contributed by atoms with E-state index in [-0.39, 0.29) is 0 Å². The molecule has 0 aliphatic carbocycles. The van der Waals surface area contributed by atoms with Crippen LogP contribution in [0.2, 0.25) is 5.02 Å². The van der Waals surface area contributed by atoms with Gasteiger partial charge >= 0.3 is 6.03 Å². The smallest absolute Gasteiger partial charge is 0.324 e. The molecule has 0 saturated heterocycles. The minimum absolute atomic E-state index is 0.407. The van der Waals surface area contributed by atoms with Gasteiger partial charge in [-0.3, -0.25) is 20.0 Å². The highest BCUT2D eigenvalue weighted by molar-refractivity contribution is 7.17. The van der Waals surface area contributed by atoms with Gasteiger partial charge in [-0.05, 0) is 53.9 Å². The standard InChI is InChI=1S/C21H20ClN5O2S/c22-14-1-3-15(4-2-14)25-21(29)26-20-18(19(23)28)16-7-10-27(12-17(16)30-20)11-13-5-8-24-9-6-13/h1-6,8-9H,7,10-12H2,(H2,23,28)(H2,25,26,29). The third-order valence-electron chi connectivity index (χ3n) is 4.87. The van der Waals surface area contributed by atoms with Crippen molar-refractivity contribution in [3.63, 3.8) is 0 Å². The van der Waals surface area contributed by atoms with Crippen molar-refractivity contribution in [1.29, 1.82) is 0 Å². The number of primary amides is 1. The molecule has 0 fully saturated rings. The first-order chi connectivity index (χ1) is 14.5. The molecule has 1 aromatic carbocycles. The van der Waals surface area contributed by atoms with Crippen LogP contribution in [0.1, 0.15) is 26.4 Å². The molecule has 0 radical (unpaired) electrons. The molecule has 9 heteroatoms. The Labute approximate surface area is 182 Å². The monoisotopic (exact) mass is 441 g/mol. The first kappa shape index (κ1) is 20.3. The zero-order chi connectivity index (χ0) is 21.1. The Bertz CT molecular complexity index is 1070. The second kappa shape index (κ2) is 8.83. The molecule has 7 nitrogen and oxygen atoms in total. The number of urea groups is 1. The average Bonchev–Trinajstić information content (AvgIpc) is 3.07. The van der Waals surface area contributed by atoms with Crippen molar-refractivity contribution < 1.29 is 9.59 Å². The normalized spacial score (nSPS) is 13.5. The van der Waals surface area contributed by atoms with Crippen LogP contribution in [-0.4, -0.2) is 28.4 Å². The maximum absolute atomic E-state index is 12.4. The second-order valence-corrected chi connectivity index (χ2v) is 8.52. The highest BCUT2D eigenvalue weighted by Crippen LogP contribution is 2.37. The number of aromatic nitrogens is 1. The van der Waals surface area contributed by atoms with Gasteiger partial charge in [0.1, 0.15) is 5.00 Å². The van der Waals surface area contributed by atoms with Crippen LogP contribution in [0.15, 0.2) is 48.8 Å². The summed E-state index contributed by atoms with van der Waals surface area (Å²) >= 11 is 7.27. The molecule has 2 aromatic heterocycles. The third kappa shape index (κ3) is 4.62. The molecule has 3 aromatic rings. The molecule has 3 amide bonds. The lowest BCUT2D eigenvalue weighted by Crippen LogP contribution is -2.30. The molecule has 0 saturated carbocycles. The molecule has 3 heterocycles. The maximum atomic E-state index is 12.4. The lowest BCUT2D eigenvalue weighted by molar-refractivity contribution is 0.0999. The number of amides is 3. The second-order valence-electron chi connectivity index (χ2n) is 6.97. The van der Waals surface area contributed by atoms with Crippen LogP contribution in [0.25, 0.3) is 0 Å². The number of hydrogen-bond donors (Lipinski definition) is 3. The predicted molar refractivity (Wildman–Crippen MR) is 119 cm³/mol. The van der Waals surface area contributed by atoms with Crippen LogP contribution in [-0.2, 0) is 19.5 Å². The summed E-state index contributed by atoms with van der Waals surface area (Å²) in [6.45, 7) is 2.30. The van der Waals surface area contributed by atoms with Crippen molar-refractivity contribution in [1.82, 2.24) is 9.88 Å². The minimum atomic E-state index is -0.531. The first-order valence-corrected chi connectivity index (χ1v) is 10.6. The number of thiophene rings is 1. The number of carbonyl (C=O) groups is 2. The molecule has 154 valence electrons. The van der Waals surface area contributed by atoms with Gasteiger partial charge in [-0.25, -0.2) is 4.79 Å². The summed E-state index contributed by atoms with van der Waals surface area (Å²) in [6, 6.07) is 10.3. The number of fused-ring (bicyclic) bond motifs is 1. The van der Waals surface area contributed by atoms with Gasteiger partial charge in [-0.1, -0.05) is 11.6 Å². The van der Waals surface area contributed by atoms with Crippen LogP contribution in [0.5, 0.6) is 0 Å². The maximum Gasteiger partial charge on any atom is 0.324 e. The Hall–Kier alpha value is -2.94. The molecule has 0 bridgehead atoms. The van der Waals surface area contributed by atoms with E-state index in [1.54, 1.807) is 36.7 Å². The SMILES string of the molecule is NC(=O)c1c(NC(=O)Nc2ccc(Cl)cc2)sc2c1CCN(Cc1ccncc1)C2. The largest absolute Gasteiger partial charge is 0.365 e. The van der Waals surface area contributed by atoms with Crippen LogP contribution >= 0.6 is 22.9 Å². The summed E-state index contributed by atoms with van der Waals surface area (Å²) in [5.74, 6) is -0.531. The number of halogens is 1. The van der Waals surface area contributed by atoms with E-state index in [9.17, 15) is 9.59 Å². The van der Waals surface area contributed by atoms with Gasteiger partial charge in [0.05, 0.1) is 5.56 Å². The number of hydrogen-bond acceptors (Lipinski definition) is 5. The number of benzene rings is 1. The highest BCUT2D eigenvalue weighted by Gasteiger charge is 2.27. The van der Waals surface area contributed by atoms with E-state index in [1.807, 2.05) is 12.1 Å². The number of nitrogens with zero attached hydrogens (tertiary/aromatic N) is 2. The molecule has 0 atom stereocenters. The molecule has 1 aliphatic rings. The van der Waals surface area contributed by atoms with Gasteiger partial charge < -0.3 is 11.1 Å². The van der Waals surface area contributed by atoms with Crippen molar-refractivity contribution in [3.8, 4) is 0 Å². The van der Waals surface area contributed by atoms with E-state index in [4.69, 9.17) is 17.3 Å². The Morgan fingerprint density at radius 2 is 1.87 bits per heavy atom. The third-order valence-corrected chi connectivity index (χ3v) is 6.25. The Morgan fingerprint density at radius 3 is 2.57 bits per heavy atom. The zero-order valence-electron chi connectivity index (χ0n) is 16.0. The summed E-state index contributed by atoms with van der Waals surface area (Å²) in [6.07, 6.45) is 4.26. The Balaban J connectivity index is 1.50. The lowest BCUT2D eigenvalue weighted by Gasteiger charge is -2.26. The average molecular weight is 442 g/mol. The lowest BCUT2D eigenvalue weighted by atomic mass is 10.0.